The number of aryl methyl sites for hydroxylation is 1. The zero-order valence-corrected chi connectivity index (χ0v) is 15.1. The number of thiazole rings is 1. The number of fused-ring (bicyclic) bond motifs is 1. The molecular formula is C18H26N4S. The number of benzene rings is 1. The lowest BCUT2D eigenvalue weighted by molar-refractivity contribution is 0.222. The van der Waals surface area contributed by atoms with Gasteiger partial charge in [-0.15, -0.1) is 11.3 Å². The summed E-state index contributed by atoms with van der Waals surface area (Å²) >= 11 is 1.76. The van der Waals surface area contributed by atoms with Gasteiger partial charge in [0.2, 0.25) is 0 Å². The highest BCUT2D eigenvalue weighted by atomic mass is 32.1. The molecule has 4 nitrogen and oxygen atoms in total. The molecule has 2 heterocycles. The predicted molar refractivity (Wildman–Crippen MR) is 96.6 cm³/mol. The van der Waals surface area contributed by atoms with Crippen molar-refractivity contribution in [3.8, 4) is 0 Å². The van der Waals surface area contributed by atoms with Crippen molar-refractivity contribution in [1.82, 2.24) is 14.8 Å². The van der Waals surface area contributed by atoms with E-state index in [1.54, 1.807) is 11.3 Å². The van der Waals surface area contributed by atoms with Crippen molar-refractivity contribution in [2.75, 3.05) is 27.2 Å². The van der Waals surface area contributed by atoms with Crippen molar-refractivity contribution < 1.29 is 0 Å². The Labute approximate surface area is 142 Å². The molecule has 1 aromatic heterocycles. The molecular weight excluding hydrogens is 304 g/mol. The molecule has 0 spiro atoms. The van der Waals surface area contributed by atoms with E-state index < -0.39 is 0 Å². The molecule has 124 valence electrons. The van der Waals surface area contributed by atoms with Crippen LogP contribution in [-0.4, -0.2) is 42.0 Å². The van der Waals surface area contributed by atoms with Crippen LogP contribution in [0.15, 0.2) is 23.6 Å². The Kier molecular flexibility index (Phi) is 5.11. The smallest absolute Gasteiger partial charge is 0.0940 e. The highest BCUT2D eigenvalue weighted by Gasteiger charge is 2.29. The third kappa shape index (κ3) is 3.80. The largest absolute Gasteiger partial charge is 0.329 e. The maximum absolute atomic E-state index is 6.10. The van der Waals surface area contributed by atoms with Gasteiger partial charge in [0.25, 0.3) is 0 Å². The lowest BCUT2D eigenvalue weighted by Gasteiger charge is -2.23. The first-order chi connectivity index (χ1) is 11.1. The van der Waals surface area contributed by atoms with E-state index in [0.29, 0.717) is 12.6 Å². The highest BCUT2D eigenvalue weighted by molar-refractivity contribution is 7.09. The van der Waals surface area contributed by atoms with Crippen molar-refractivity contribution in [2.45, 2.75) is 32.5 Å². The lowest BCUT2D eigenvalue weighted by atomic mass is 10.0. The number of hydrogen-bond acceptors (Lipinski definition) is 5. The topological polar surface area (TPSA) is 45.4 Å². The first kappa shape index (κ1) is 16.6. The van der Waals surface area contributed by atoms with E-state index in [4.69, 9.17) is 5.73 Å². The number of nitrogens with two attached hydrogens (primary N) is 1. The van der Waals surface area contributed by atoms with Gasteiger partial charge in [0, 0.05) is 49.7 Å². The van der Waals surface area contributed by atoms with Crippen molar-refractivity contribution in [2.24, 2.45) is 5.73 Å². The molecule has 0 bridgehead atoms. The second-order valence-corrected chi connectivity index (χ2v) is 7.57. The summed E-state index contributed by atoms with van der Waals surface area (Å²) in [5.41, 5.74) is 11.4. The normalized spacial score (nSPS) is 17.9. The zero-order valence-electron chi connectivity index (χ0n) is 14.2. The zero-order chi connectivity index (χ0) is 16.4. The van der Waals surface area contributed by atoms with Gasteiger partial charge in [-0.3, -0.25) is 4.90 Å². The SMILES string of the molecule is Cc1csc(CCN2Cc3ccc(CN(C)C)cc3C2CN)n1. The summed E-state index contributed by atoms with van der Waals surface area (Å²) in [6.45, 7) is 5.73. The molecule has 0 saturated carbocycles. The van der Waals surface area contributed by atoms with Gasteiger partial charge in [-0.1, -0.05) is 18.2 Å². The number of aromatic nitrogens is 1. The number of hydrogen-bond donors (Lipinski definition) is 1. The van der Waals surface area contributed by atoms with E-state index in [-0.39, 0.29) is 0 Å². The summed E-state index contributed by atoms with van der Waals surface area (Å²) in [6.07, 6.45) is 1.01. The van der Waals surface area contributed by atoms with E-state index in [1.165, 1.54) is 21.7 Å². The Bertz CT molecular complexity index is 665. The van der Waals surface area contributed by atoms with Crippen molar-refractivity contribution in [3.05, 3.63) is 51.0 Å². The van der Waals surface area contributed by atoms with E-state index in [2.05, 4.69) is 59.4 Å². The number of rotatable bonds is 6. The third-order valence-electron chi connectivity index (χ3n) is 4.39. The van der Waals surface area contributed by atoms with Crippen LogP contribution in [0.2, 0.25) is 0 Å². The monoisotopic (exact) mass is 330 g/mol. The molecule has 0 saturated heterocycles. The number of nitrogens with zero attached hydrogens (tertiary/aromatic N) is 3. The fourth-order valence-corrected chi connectivity index (χ4v) is 4.12. The van der Waals surface area contributed by atoms with Crippen LogP contribution in [0.1, 0.15) is 33.4 Å². The summed E-state index contributed by atoms with van der Waals surface area (Å²) in [5, 5.41) is 3.35. The fraction of sp³-hybridized carbons (Fsp3) is 0.500. The molecule has 1 aromatic carbocycles. The molecule has 1 aliphatic rings. The molecule has 2 aromatic rings. The van der Waals surface area contributed by atoms with E-state index in [0.717, 1.165) is 31.7 Å². The van der Waals surface area contributed by atoms with E-state index in [1.807, 2.05) is 0 Å². The van der Waals surface area contributed by atoms with Crippen LogP contribution < -0.4 is 5.73 Å². The average Bonchev–Trinajstić information content (AvgIpc) is 3.07. The van der Waals surface area contributed by atoms with E-state index in [9.17, 15) is 0 Å². The Morgan fingerprint density at radius 1 is 1.39 bits per heavy atom. The molecule has 1 aliphatic heterocycles. The van der Waals surface area contributed by atoms with Crippen LogP contribution >= 0.6 is 11.3 Å². The van der Waals surface area contributed by atoms with Crippen LogP contribution in [0.5, 0.6) is 0 Å². The van der Waals surface area contributed by atoms with Crippen LogP contribution in [-0.2, 0) is 19.5 Å². The maximum atomic E-state index is 6.10. The van der Waals surface area contributed by atoms with Gasteiger partial charge < -0.3 is 10.6 Å². The minimum atomic E-state index is 0.341. The molecule has 0 radical (unpaired) electrons. The molecule has 5 heteroatoms. The minimum Gasteiger partial charge on any atom is -0.329 e. The van der Waals surface area contributed by atoms with Crippen molar-refractivity contribution >= 4 is 11.3 Å². The van der Waals surface area contributed by atoms with Gasteiger partial charge in [-0.05, 0) is 37.7 Å². The molecule has 1 atom stereocenters. The van der Waals surface area contributed by atoms with Gasteiger partial charge in [-0.25, -0.2) is 4.98 Å². The first-order valence-electron chi connectivity index (χ1n) is 8.18. The lowest BCUT2D eigenvalue weighted by Crippen LogP contribution is -2.29. The average molecular weight is 331 g/mol. The first-order valence-corrected chi connectivity index (χ1v) is 9.06. The highest BCUT2D eigenvalue weighted by Crippen LogP contribution is 2.34. The molecule has 1 unspecified atom stereocenters. The Balaban J connectivity index is 1.71. The van der Waals surface area contributed by atoms with Crippen LogP contribution in [0.4, 0.5) is 0 Å². The standard InChI is InChI=1S/C18H26N4S/c1-13-12-23-18(20-13)6-7-22-11-15-5-4-14(10-21(2)3)8-16(15)17(22)9-19/h4-5,8,12,17H,6-7,9-11,19H2,1-3H3. The van der Waals surface area contributed by atoms with Gasteiger partial charge >= 0.3 is 0 Å². The summed E-state index contributed by atoms with van der Waals surface area (Å²) < 4.78 is 0. The molecule has 2 N–H and O–H groups in total. The molecule has 0 aliphatic carbocycles. The van der Waals surface area contributed by atoms with Crippen molar-refractivity contribution in [1.29, 1.82) is 0 Å². The van der Waals surface area contributed by atoms with E-state index >= 15 is 0 Å². The molecule has 0 amide bonds. The fourth-order valence-electron chi connectivity index (χ4n) is 3.36. The van der Waals surface area contributed by atoms with Gasteiger partial charge in [-0.2, -0.15) is 0 Å². The summed E-state index contributed by atoms with van der Waals surface area (Å²) in [7, 11) is 4.21. The second kappa shape index (κ2) is 7.09. The second-order valence-electron chi connectivity index (χ2n) is 6.63. The molecule has 23 heavy (non-hydrogen) atoms. The van der Waals surface area contributed by atoms with Gasteiger partial charge in [0.15, 0.2) is 0 Å². The summed E-state index contributed by atoms with van der Waals surface area (Å²) in [5.74, 6) is 0. The Hall–Kier alpha value is -1.27. The van der Waals surface area contributed by atoms with Crippen LogP contribution in [0.3, 0.4) is 0 Å². The van der Waals surface area contributed by atoms with Crippen molar-refractivity contribution in [3.63, 3.8) is 0 Å². The minimum absolute atomic E-state index is 0.341. The van der Waals surface area contributed by atoms with Gasteiger partial charge in [0.05, 0.1) is 5.01 Å². The van der Waals surface area contributed by atoms with Gasteiger partial charge in [0.1, 0.15) is 0 Å². The predicted octanol–water partition coefficient (Wildman–Crippen LogP) is 2.57. The van der Waals surface area contributed by atoms with Crippen LogP contribution in [0, 0.1) is 6.92 Å². The maximum Gasteiger partial charge on any atom is 0.0940 e. The quantitative estimate of drug-likeness (QED) is 0.884. The molecule has 3 rings (SSSR count). The summed E-state index contributed by atoms with van der Waals surface area (Å²) in [6, 6.07) is 7.22. The third-order valence-corrected chi connectivity index (χ3v) is 5.41. The Morgan fingerprint density at radius 3 is 2.87 bits per heavy atom. The molecule has 0 fully saturated rings. The Morgan fingerprint density at radius 2 is 2.22 bits per heavy atom. The van der Waals surface area contributed by atoms with Crippen LogP contribution in [0.25, 0.3) is 0 Å². The summed E-state index contributed by atoms with van der Waals surface area (Å²) in [4.78, 5) is 9.28.